The van der Waals surface area contributed by atoms with E-state index in [4.69, 9.17) is 17.5 Å². The molecule has 24 heavy (non-hydrogen) atoms. The van der Waals surface area contributed by atoms with Crippen LogP contribution in [0, 0.1) is 11.3 Å². The molecule has 0 aliphatic carbocycles. The summed E-state index contributed by atoms with van der Waals surface area (Å²) >= 11 is 5.35. The molecule has 1 aliphatic heterocycles. The molecule has 1 saturated heterocycles. The summed E-state index contributed by atoms with van der Waals surface area (Å²) in [5, 5.41) is 12.2. The second-order valence-electron chi connectivity index (χ2n) is 5.34. The van der Waals surface area contributed by atoms with E-state index in [9.17, 15) is 4.79 Å². The predicted molar refractivity (Wildman–Crippen MR) is 98.2 cm³/mol. The smallest absolute Gasteiger partial charge is 0.281 e. The SMILES string of the molecule is CCc1ccccc1N1C(=O)/C(=C\c2ccc(C#N)cc2)NC1=S. The van der Waals surface area contributed by atoms with Crippen LogP contribution in [0.4, 0.5) is 5.69 Å². The average molecular weight is 333 g/mol. The zero-order valence-corrected chi connectivity index (χ0v) is 13.9. The van der Waals surface area contributed by atoms with Crippen molar-refractivity contribution in [3.63, 3.8) is 0 Å². The Morgan fingerprint density at radius 3 is 2.58 bits per heavy atom. The molecule has 1 amide bonds. The molecule has 0 unspecified atom stereocenters. The highest BCUT2D eigenvalue weighted by Crippen LogP contribution is 2.26. The lowest BCUT2D eigenvalue weighted by Gasteiger charge is -2.17. The quantitative estimate of drug-likeness (QED) is 0.691. The number of carbonyl (C=O) groups is 1. The van der Waals surface area contributed by atoms with Crippen molar-refractivity contribution < 1.29 is 4.79 Å². The minimum absolute atomic E-state index is 0.176. The van der Waals surface area contributed by atoms with E-state index in [0.29, 0.717) is 16.4 Å². The zero-order chi connectivity index (χ0) is 17.1. The third kappa shape index (κ3) is 2.92. The molecule has 5 heteroatoms. The summed E-state index contributed by atoms with van der Waals surface area (Å²) in [4.78, 5) is 14.3. The molecule has 0 saturated carbocycles. The predicted octanol–water partition coefficient (Wildman–Crippen LogP) is 3.38. The molecule has 0 bridgehead atoms. The maximum atomic E-state index is 12.8. The summed E-state index contributed by atoms with van der Waals surface area (Å²) in [5.74, 6) is -0.176. The summed E-state index contributed by atoms with van der Waals surface area (Å²) < 4.78 is 0. The lowest BCUT2D eigenvalue weighted by atomic mass is 10.1. The van der Waals surface area contributed by atoms with Gasteiger partial charge in [-0.2, -0.15) is 5.26 Å². The molecule has 2 aromatic rings. The largest absolute Gasteiger partial charge is 0.327 e. The fraction of sp³-hybridized carbons (Fsp3) is 0.105. The molecule has 4 nitrogen and oxygen atoms in total. The molecule has 0 aromatic heterocycles. The second kappa shape index (κ2) is 6.65. The Hall–Kier alpha value is -2.97. The first-order valence-electron chi connectivity index (χ1n) is 7.59. The summed E-state index contributed by atoms with van der Waals surface area (Å²) in [6.45, 7) is 2.04. The summed E-state index contributed by atoms with van der Waals surface area (Å²) in [6.07, 6.45) is 2.56. The van der Waals surface area contributed by atoms with Crippen LogP contribution in [0.3, 0.4) is 0 Å². The highest BCUT2D eigenvalue weighted by atomic mass is 32.1. The first-order valence-corrected chi connectivity index (χ1v) is 8.00. The monoisotopic (exact) mass is 333 g/mol. The third-order valence-electron chi connectivity index (χ3n) is 3.84. The van der Waals surface area contributed by atoms with Crippen molar-refractivity contribution in [2.45, 2.75) is 13.3 Å². The Balaban J connectivity index is 1.94. The molecule has 1 heterocycles. The van der Waals surface area contributed by atoms with Crippen LogP contribution < -0.4 is 10.2 Å². The van der Waals surface area contributed by atoms with E-state index < -0.39 is 0 Å². The molecule has 118 valence electrons. The molecule has 0 radical (unpaired) electrons. The molecule has 1 fully saturated rings. The van der Waals surface area contributed by atoms with Crippen molar-refractivity contribution in [2.75, 3.05) is 4.90 Å². The molecule has 2 aromatic carbocycles. The molecular weight excluding hydrogens is 318 g/mol. The van der Waals surface area contributed by atoms with Crippen molar-refractivity contribution in [3.05, 3.63) is 70.9 Å². The molecular formula is C19H15N3OS. The van der Waals surface area contributed by atoms with E-state index in [1.807, 2.05) is 31.2 Å². The van der Waals surface area contributed by atoms with Gasteiger partial charge in [-0.25, -0.2) is 0 Å². The van der Waals surface area contributed by atoms with Crippen LogP contribution in [0.2, 0.25) is 0 Å². The number of amides is 1. The number of aryl methyl sites for hydroxylation is 1. The van der Waals surface area contributed by atoms with Gasteiger partial charge in [0.1, 0.15) is 5.70 Å². The van der Waals surface area contributed by atoms with Crippen LogP contribution in [0.5, 0.6) is 0 Å². The highest BCUT2D eigenvalue weighted by Gasteiger charge is 2.32. The maximum Gasteiger partial charge on any atom is 0.281 e. The van der Waals surface area contributed by atoms with Crippen LogP contribution in [-0.4, -0.2) is 11.0 Å². The van der Waals surface area contributed by atoms with Gasteiger partial charge in [-0.05, 0) is 54.0 Å². The zero-order valence-electron chi connectivity index (χ0n) is 13.1. The lowest BCUT2D eigenvalue weighted by molar-refractivity contribution is -0.113. The number of thiocarbonyl (C=S) groups is 1. The van der Waals surface area contributed by atoms with Gasteiger partial charge in [0.15, 0.2) is 5.11 Å². The molecule has 1 aliphatic rings. The van der Waals surface area contributed by atoms with Gasteiger partial charge in [-0.1, -0.05) is 37.3 Å². The fourth-order valence-corrected chi connectivity index (χ4v) is 2.89. The number of benzene rings is 2. The Bertz CT molecular complexity index is 878. The Kier molecular flexibility index (Phi) is 4.41. The number of nitrogens with zero attached hydrogens (tertiary/aromatic N) is 2. The lowest BCUT2D eigenvalue weighted by Crippen LogP contribution is -2.31. The van der Waals surface area contributed by atoms with Gasteiger partial charge in [0, 0.05) is 0 Å². The fourth-order valence-electron chi connectivity index (χ4n) is 2.60. The average Bonchev–Trinajstić information content (AvgIpc) is 2.89. The third-order valence-corrected chi connectivity index (χ3v) is 4.13. The number of para-hydroxylation sites is 1. The topological polar surface area (TPSA) is 56.1 Å². The van der Waals surface area contributed by atoms with Crippen LogP contribution in [-0.2, 0) is 11.2 Å². The van der Waals surface area contributed by atoms with Crippen LogP contribution in [0.1, 0.15) is 23.6 Å². The van der Waals surface area contributed by atoms with Gasteiger partial charge in [0.05, 0.1) is 17.3 Å². The molecule has 0 atom stereocenters. The first kappa shape index (κ1) is 15.9. The van der Waals surface area contributed by atoms with Gasteiger partial charge in [0.25, 0.3) is 5.91 Å². The standard InChI is InChI=1S/C19H15N3OS/c1-2-15-5-3-4-6-17(15)22-18(23)16(21-19(22)24)11-13-7-9-14(12-20)10-8-13/h3-11H,2H2,1H3,(H,21,24)/b16-11+. The van der Waals surface area contributed by atoms with Gasteiger partial charge in [-0.15, -0.1) is 0 Å². The van der Waals surface area contributed by atoms with Crippen molar-refractivity contribution in [3.8, 4) is 6.07 Å². The normalized spacial score (nSPS) is 15.5. The number of hydrogen-bond acceptors (Lipinski definition) is 3. The number of nitrogens with one attached hydrogen (secondary N) is 1. The van der Waals surface area contributed by atoms with Crippen molar-refractivity contribution in [2.24, 2.45) is 0 Å². The first-order chi connectivity index (χ1) is 11.6. The molecule has 3 rings (SSSR count). The van der Waals surface area contributed by atoms with E-state index in [2.05, 4.69) is 11.4 Å². The number of nitriles is 1. The van der Waals surface area contributed by atoms with Crippen molar-refractivity contribution >= 4 is 35.0 Å². The molecule has 0 spiro atoms. The van der Waals surface area contributed by atoms with Gasteiger partial charge in [0.2, 0.25) is 0 Å². The number of carbonyl (C=O) groups excluding carboxylic acids is 1. The van der Waals surface area contributed by atoms with Crippen LogP contribution >= 0.6 is 12.2 Å². The number of hydrogen-bond donors (Lipinski definition) is 1. The van der Waals surface area contributed by atoms with E-state index in [1.54, 1.807) is 30.3 Å². The minimum atomic E-state index is -0.176. The van der Waals surface area contributed by atoms with Crippen molar-refractivity contribution in [1.29, 1.82) is 5.26 Å². The highest BCUT2D eigenvalue weighted by molar-refractivity contribution is 7.80. The number of rotatable bonds is 3. The second-order valence-corrected chi connectivity index (χ2v) is 5.73. The van der Waals surface area contributed by atoms with Gasteiger partial charge >= 0.3 is 0 Å². The minimum Gasteiger partial charge on any atom is -0.327 e. The Morgan fingerprint density at radius 1 is 1.21 bits per heavy atom. The summed E-state index contributed by atoms with van der Waals surface area (Å²) in [5.41, 5.74) is 3.71. The summed E-state index contributed by atoms with van der Waals surface area (Å²) in [6, 6.07) is 16.8. The van der Waals surface area contributed by atoms with Crippen LogP contribution in [0.25, 0.3) is 6.08 Å². The summed E-state index contributed by atoms with van der Waals surface area (Å²) in [7, 11) is 0. The van der Waals surface area contributed by atoms with Gasteiger partial charge < -0.3 is 5.32 Å². The maximum absolute atomic E-state index is 12.8. The van der Waals surface area contributed by atoms with E-state index in [1.165, 1.54) is 4.90 Å². The number of anilines is 1. The van der Waals surface area contributed by atoms with Crippen LogP contribution in [0.15, 0.2) is 54.2 Å². The molecule has 1 N–H and O–H groups in total. The Morgan fingerprint density at radius 2 is 1.92 bits per heavy atom. The van der Waals surface area contributed by atoms with E-state index in [-0.39, 0.29) is 5.91 Å². The van der Waals surface area contributed by atoms with E-state index >= 15 is 0 Å². The Labute approximate surface area is 146 Å². The van der Waals surface area contributed by atoms with Gasteiger partial charge in [-0.3, -0.25) is 9.69 Å². The van der Waals surface area contributed by atoms with E-state index in [0.717, 1.165) is 23.2 Å². The van der Waals surface area contributed by atoms with Crippen molar-refractivity contribution in [1.82, 2.24) is 5.32 Å².